The summed E-state index contributed by atoms with van der Waals surface area (Å²) in [7, 11) is 2.05. The van der Waals surface area contributed by atoms with Crippen molar-refractivity contribution in [3.8, 4) is 5.75 Å². The normalized spacial score (nSPS) is 19.0. The smallest absolute Gasteiger partial charge is 0.255 e. The van der Waals surface area contributed by atoms with E-state index in [1.807, 2.05) is 31.0 Å². The zero-order valence-electron chi connectivity index (χ0n) is 25.3. The van der Waals surface area contributed by atoms with Crippen LogP contribution in [0.3, 0.4) is 0 Å². The molecule has 2 aliphatic rings. The first-order valence-electron chi connectivity index (χ1n) is 14.7. The molecule has 2 saturated heterocycles. The van der Waals surface area contributed by atoms with Crippen LogP contribution in [0.1, 0.15) is 74.1 Å². The molecule has 0 bridgehead atoms. The summed E-state index contributed by atoms with van der Waals surface area (Å²) in [6, 6.07) is 5.88. The van der Waals surface area contributed by atoms with E-state index in [9.17, 15) is 14.4 Å². The number of likely N-dealkylation sites (tertiary alicyclic amines) is 1. The van der Waals surface area contributed by atoms with Crippen LogP contribution in [-0.4, -0.2) is 89.3 Å². The fourth-order valence-electron chi connectivity index (χ4n) is 5.30. The summed E-state index contributed by atoms with van der Waals surface area (Å²) in [5, 5.41) is 3.83. The monoisotopic (exact) mass is 583 g/mol. The van der Waals surface area contributed by atoms with E-state index in [-0.39, 0.29) is 35.7 Å². The molecular weight excluding hydrogens is 538 g/mol. The van der Waals surface area contributed by atoms with Crippen LogP contribution in [0.25, 0.3) is 0 Å². The molecule has 2 atom stereocenters. The van der Waals surface area contributed by atoms with Crippen LogP contribution < -0.4 is 10.1 Å². The average molecular weight is 584 g/mol. The highest BCUT2D eigenvalue weighted by Crippen LogP contribution is 2.29. The van der Waals surface area contributed by atoms with Crippen LogP contribution in [0.5, 0.6) is 5.75 Å². The van der Waals surface area contributed by atoms with Gasteiger partial charge in [0.2, 0.25) is 11.8 Å². The van der Waals surface area contributed by atoms with E-state index in [0.717, 1.165) is 24.5 Å². The van der Waals surface area contributed by atoms with E-state index >= 15 is 0 Å². The Bertz CT molecular complexity index is 1220. The summed E-state index contributed by atoms with van der Waals surface area (Å²) in [6.07, 6.45) is 3.80. The van der Waals surface area contributed by atoms with Gasteiger partial charge in [0.15, 0.2) is 0 Å². The molecule has 0 radical (unpaired) electrons. The molecule has 0 spiro atoms. The second-order valence-electron chi connectivity index (χ2n) is 12.6. The summed E-state index contributed by atoms with van der Waals surface area (Å²) >= 11 is 1.60. The molecular formula is C31H45N5O4S. The van der Waals surface area contributed by atoms with Crippen molar-refractivity contribution in [1.29, 1.82) is 0 Å². The lowest BCUT2D eigenvalue weighted by atomic mass is 9.96. The molecule has 1 aromatic carbocycles. The van der Waals surface area contributed by atoms with Crippen molar-refractivity contribution < 1.29 is 19.1 Å². The molecule has 41 heavy (non-hydrogen) atoms. The van der Waals surface area contributed by atoms with Gasteiger partial charge in [-0.2, -0.15) is 0 Å². The first kappa shape index (κ1) is 31.0. The number of benzene rings is 1. The Morgan fingerprint density at radius 3 is 2.46 bits per heavy atom. The number of nitrogens with one attached hydrogen (secondary N) is 1. The maximum atomic E-state index is 13.9. The molecule has 0 unspecified atom stereocenters. The zero-order chi connectivity index (χ0) is 29.7. The molecule has 0 saturated carbocycles. The van der Waals surface area contributed by atoms with Crippen LogP contribution >= 0.6 is 11.3 Å². The third-order valence-electron chi connectivity index (χ3n) is 7.72. The van der Waals surface area contributed by atoms with Crippen LogP contribution in [0.2, 0.25) is 0 Å². The summed E-state index contributed by atoms with van der Waals surface area (Å²) in [5.74, 6) is 0.0851. The lowest BCUT2D eigenvalue weighted by Gasteiger charge is -2.36. The molecule has 1 N–H and O–H groups in total. The SMILES string of the molecule is CC(C)C[C@@H](NC(=O)c1ccccc1OCc1ncc(C(C)(C)C)s1)C(=O)N1CCC[C@@H]1C(=O)N1CCN(C)CC1. The van der Waals surface area contributed by atoms with E-state index in [4.69, 9.17) is 4.74 Å². The number of carbonyl (C=O) groups is 3. The van der Waals surface area contributed by atoms with Gasteiger partial charge in [-0.1, -0.05) is 46.8 Å². The molecule has 10 heteroatoms. The van der Waals surface area contributed by atoms with Crippen molar-refractivity contribution in [2.45, 2.75) is 78.0 Å². The number of rotatable bonds is 9. The number of thiazole rings is 1. The first-order chi connectivity index (χ1) is 19.4. The maximum Gasteiger partial charge on any atom is 0.255 e. The van der Waals surface area contributed by atoms with Crippen LogP contribution in [0, 0.1) is 5.92 Å². The van der Waals surface area contributed by atoms with Crippen molar-refractivity contribution in [1.82, 2.24) is 25.0 Å². The van der Waals surface area contributed by atoms with Gasteiger partial charge in [-0.3, -0.25) is 14.4 Å². The molecule has 3 heterocycles. The number of amides is 3. The van der Waals surface area contributed by atoms with Crippen molar-refractivity contribution in [2.24, 2.45) is 5.92 Å². The van der Waals surface area contributed by atoms with Crippen molar-refractivity contribution in [3.05, 3.63) is 45.9 Å². The lowest BCUT2D eigenvalue weighted by molar-refractivity contribution is -0.145. The Labute approximate surface area is 248 Å². The Morgan fingerprint density at radius 1 is 1.10 bits per heavy atom. The highest BCUT2D eigenvalue weighted by molar-refractivity contribution is 7.11. The number of piperazine rings is 1. The number of aromatic nitrogens is 1. The predicted molar refractivity (Wildman–Crippen MR) is 161 cm³/mol. The Balaban J connectivity index is 1.45. The van der Waals surface area contributed by atoms with Crippen LogP contribution in [-0.2, 0) is 21.6 Å². The molecule has 4 rings (SSSR count). The van der Waals surface area contributed by atoms with Crippen LogP contribution in [0.15, 0.2) is 30.5 Å². The summed E-state index contributed by atoms with van der Waals surface area (Å²) in [6.45, 7) is 14.3. The number of likely N-dealkylation sites (N-methyl/N-ethyl adjacent to an activating group) is 1. The number of hydrogen-bond donors (Lipinski definition) is 1. The maximum absolute atomic E-state index is 13.9. The van der Waals surface area contributed by atoms with E-state index in [1.165, 1.54) is 4.88 Å². The molecule has 1 aromatic heterocycles. The Kier molecular flexibility index (Phi) is 10.1. The molecule has 0 aliphatic carbocycles. The highest BCUT2D eigenvalue weighted by atomic mass is 32.1. The molecule has 9 nitrogen and oxygen atoms in total. The molecule has 2 fully saturated rings. The molecule has 224 valence electrons. The predicted octanol–water partition coefficient (Wildman–Crippen LogP) is 3.93. The number of para-hydroxylation sites is 1. The second-order valence-corrected chi connectivity index (χ2v) is 13.7. The minimum Gasteiger partial charge on any atom is -0.486 e. The van der Waals surface area contributed by atoms with Gasteiger partial charge in [0.05, 0.1) is 5.56 Å². The topological polar surface area (TPSA) is 95.1 Å². The first-order valence-corrected chi connectivity index (χ1v) is 15.5. The Hall–Kier alpha value is -2.98. The lowest BCUT2D eigenvalue weighted by Crippen LogP contribution is -2.56. The number of ether oxygens (including phenoxy) is 1. The minimum atomic E-state index is -0.732. The van der Waals surface area contributed by atoms with Gasteiger partial charge in [0.25, 0.3) is 5.91 Å². The van der Waals surface area contributed by atoms with Crippen molar-refractivity contribution >= 4 is 29.1 Å². The molecule has 2 aliphatic heterocycles. The highest BCUT2D eigenvalue weighted by Gasteiger charge is 2.40. The summed E-state index contributed by atoms with van der Waals surface area (Å²) < 4.78 is 6.05. The van der Waals surface area contributed by atoms with E-state index in [2.05, 4.69) is 43.0 Å². The van der Waals surface area contributed by atoms with Gasteiger partial charge in [-0.25, -0.2) is 4.98 Å². The number of carbonyl (C=O) groups excluding carboxylic acids is 3. The van der Waals surface area contributed by atoms with Crippen LogP contribution in [0.4, 0.5) is 0 Å². The fourth-order valence-corrected chi connectivity index (χ4v) is 6.19. The number of hydrogen-bond acceptors (Lipinski definition) is 7. The third kappa shape index (κ3) is 7.86. The minimum absolute atomic E-state index is 0.00906. The van der Waals surface area contributed by atoms with E-state index in [0.29, 0.717) is 43.8 Å². The van der Waals surface area contributed by atoms with Gasteiger partial charge in [0, 0.05) is 43.8 Å². The van der Waals surface area contributed by atoms with Gasteiger partial charge in [-0.15, -0.1) is 11.3 Å². The second kappa shape index (κ2) is 13.3. The summed E-state index contributed by atoms with van der Waals surface area (Å²) in [5.41, 5.74) is 0.378. The van der Waals surface area contributed by atoms with E-state index < -0.39 is 12.1 Å². The Morgan fingerprint density at radius 2 is 1.80 bits per heavy atom. The molecule has 2 aromatic rings. The van der Waals surface area contributed by atoms with Gasteiger partial charge in [-0.05, 0) is 49.8 Å². The standard InChI is InChI=1S/C31H45N5O4S/c1-21(2)18-23(29(38)36-13-9-11-24(36)30(39)35-16-14-34(6)15-17-35)33-28(37)22-10-7-8-12-25(22)40-20-27-32-19-26(41-27)31(3,4)5/h7-8,10,12,19,21,23-24H,9,11,13-18,20H2,1-6H3,(H,33,37)/t23-,24-/m1/s1. The largest absolute Gasteiger partial charge is 0.486 e. The van der Waals surface area contributed by atoms with Crippen molar-refractivity contribution in [2.75, 3.05) is 39.8 Å². The van der Waals surface area contributed by atoms with Gasteiger partial charge in [0.1, 0.15) is 29.4 Å². The van der Waals surface area contributed by atoms with Gasteiger partial charge < -0.3 is 24.8 Å². The molecule has 3 amide bonds. The van der Waals surface area contributed by atoms with Gasteiger partial charge >= 0.3 is 0 Å². The summed E-state index contributed by atoms with van der Waals surface area (Å²) in [4.78, 5) is 52.3. The third-order valence-corrected chi connectivity index (χ3v) is 9.12. The van der Waals surface area contributed by atoms with Crippen molar-refractivity contribution in [3.63, 3.8) is 0 Å². The van der Waals surface area contributed by atoms with E-state index in [1.54, 1.807) is 34.4 Å². The zero-order valence-corrected chi connectivity index (χ0v) is 26.1. The number of nitrogens with zero attached hydrogens (tertiary/aromatic N) is 4. The quantitative estimate of drug-likeness (QED) is 0.481. The average Bonchev–Trinajstić information content (AvgIpc) is 3.61. The fraction of sp³-hybridized carbons (Fsp3) is 0.613.